The lowest BCUT2D eigenvalue weighted by Gasteiger charge is -2.09. The van der Waals surface area contributed by atoms with Gasteiger partial charge in [-0.3, -0.25) is 9.48 Å². The molecule has 2 N–H and O–H groups in total. The number of amides is 1. The number of hydrogen-bond acceptors (Lipinski definition) is 3. The fraction of sp³-hybridized carbons (Fsp3) is 0.333. The maximum absolute atomic E-state index is 13.7. The molecule has 21 heavy (non-hydrogen) atoms. The van der Waals surface area contributed by atoms with Crippen LogP contribution in [0.2, 0.25) is 0 Å². The minimum absolute atomic E-state index is 0.187. The molecule has 0 saturated carbocycles. The van der Waals surface area contributed by atoms with E-state index in [0.717, 1.165) is 18.5 Å². The number of halogens is 1. The molecule has 2 rings (SSSR count). The lowest BCUT2D eigenvalue weighted by molar-refractivity contribution is -0.114. The first-order valence-electron chi connectivity index (χ1n) is 6.91. The Labute approximate surface area is 123 Å². The predicted octanol–water partition coefficient (Wildman–Crippen LogP) is 3.00. The molecule has 1 aromatic heterocycles. The number of aromatic nitrogens is 2. The summed E-state index contributed by atoms with van der Waals surface area (Å²) in [7, 11) is 0. The van der Waals surface area contributed by atoms with E-state index in [1.54, 1.807) is 12.3 Å². The Morgan fingerprint density at radius 3 is 2.95 bits per heavy atom. The Kier molecular flexibility index (Phi) is 4.92. The summed E-state index contributed by atoms with van der Waals surface area (Å²) in [5, 5.41) is 9.87. The smallest absolute Gasteiger partial charge is 0.221 e. The maximum atomic E-state index is 13.7. The topological polar surface area (TPSA) is 59.0 Å². The minimum Gasteiger partial charge on any atom is -0.378 e. The zero-order valence-corrected chi connectivity index (χ0v) is 12.2. The quantitative estimate of drug-likeness (QED) is 0.859. The van der Waals surface area contributed by atoms with Crippen LogP contribution in [-0.2, 0) is 17.9 Å². The van der Waals surface area contributed by atoms with E-state index < -0.39 is 0 Å². The normalized spacial score (nSPS) is 10.4. The van der Waals surface area contributed by atoms with Crippen molar-refractivity contribution >= 4 is 17.3 Å². The molecule has 6 heteroatoms. The molecule has 0 fully saturated rings. The molecule has 0 atom stereocenters. The van der Waals surface area contributed by atoms with Crippen LogP contribution in [0.4, 0.5) is 15.8 Å². The highest BCUT2D eigenvalue weighted by molar-refractivity contribution is 5.89. The van der Waals surface area contributed by atoms with Gasteiger partial charge in [0.25, 0.3) is 0 Å². The van der Waals surface area contributed by atoms with Gasteiger partial charge in [0.05, 0.1) is 11.9 Å². The van der Waals surface area contributed by atoms with E-state index in [0.29, 0.717) is 17.9 Å². The summed E-state index contributed by atoms with van der Waals surface area (Å²) in [6, 6.07) is 4.43. The summed E-state index contributed by atoms with van der Waals surface area (Å²) in [5.74, 6) is -0.543. The highest BCUT2D eigenvalue weighted by Crippen LogP contribution is 2.20. The molecule has 1 amide bonds. The van der Waals surface area contributed by atoms with E-state index in [-0.39, 0.29) is 11.7 Å². The fourth-order valence-electron chi connectivity index (χ4n) is 1.99. The van der Waals surface area contributed by atoms with Gasteiger partial charge in [-0.2, -0.15) is 5.10 Å². The molecule has 0 aliphatic heterocycles. The zero-order valence-electron chi connectivity index (χ0n) is 12.2. The first kappa shape index (κ1) is 15.0. The maximum Gasteiger partial charge on any atom is 0.221 e. The van der Waals surface area contributed by atoms with Crippen LogP contribution >= 0.6 is 0 Å². The number of nitrogens with zero attached hydrogens (tertiary/aromatic N) is 2. The van der Waals surface area contributed by atoms with Crippen molar-refractivity contribution in [2.45, 2.75) is 33.4 Å². The highest BCUT2D eigenvalue weighted by Gasteiger charge is 2.05. The van der Waals surface area contributed by atoms with Crippen molar-refractivity contribution in [3.8, 4) is 0 Å². The molecule has 0 bridgehead atoms. The number of carbonyl (C=O) groups excluding carboxylic acids is 1. The van der Waals surface area contributed by atoms with Gasteiger partial charge in [0.2, 0.25) is 5.91 Å². The van der Waals surface area contributed by atoms with E-state index in [4.69, 9.17) is 0 Å². The lowest BCUT2D eigenvalue weighted by Crippen LogP contribution is -2.07. The van der Waals surface area contributed by atoms with Gasteiger partial charge in [-0.05, 0) is 24.6 Å². The Bertz CT molecular complexity index is 624. The van der Waals surface area contributed by atoms with E-state index in [2.05, 4.69) is 22.7 Å². The SMILES string of the molecule is CCCn1cc(CNc2cc(NC(C)=O)ccc2F)cn1. The second kappa shape index (κ2) is 6.88. The molecular weight excluding hydrogens is 271 g/mol. The van der Waals surface area contributed by atoms with E-state index in [1.807, 2.05) is 10.9 Å². The van der Waals surface area contributed by atoms with Crippen LogP contribution in [0.5, 0.6) is 0 Å². The molecule has 112 valence electrons. The Hall–Kier alpha value is -2.37. The average Bonchev–Trinajstić information content (AvgIpc) is 2.87. The van der Waals surface area contributed by atoms with Crippen LogP contribution in [0.15, 0.2) is 30.6 Å². The molecule has 0 radical (unpaired) electrons. The molecule has 2 aromatic rings. The van der Waals surface area contributed by atoms with Crippen molar-refractivity contribution < 1.29 is 9.18 Å². The summed E-state index contributed by atoms with van der Waals surface area (Å²) in [6.45, 7) is 4.84. The first-order valence-corrected chi connectivity index (χ1v) is 6.91. The van der Waals surface area contributed by atoms with Crippen LogP contribution in [-0.4, -0.2) is 15.7 Å². The minimum atomic E-state index is -0.356. The summed E-state index contributed by atoms with van der Waals surface area (Å²) in [5.41, 5.74) is 1.89. The van der Waals surface area contributed by atoms with Crippen molar-refractivity contribution in [3.63, 3.8) is 0 Å². The van der Waals surface area contributed by atoms with Gasteiger partial charge < -0.3 is 10.6 Å². The second-order valence-corrected chi connectivity index (χ2v) is 4.84. The molecule has 0 aliphatic carbocycles. The standard InChI is InChI=1S/C15H19FN4O/c1-3-6-20-10-12(9-18-20)8-17-15-7-13(19-11(2)21)4-5-14(15)16/h4-5,7,9-10,17H,3,6,8H2,1-2H3,(H,19,21). The summed E-state index contributed by atoms with van der Waals surface area (Å²) < 4.78 is 15.6. The van der Waals surface area contributed by atoms with Crippen LogP contribution < -0.4 is 10.6 Å². The van der Waals surface area contributed by atoms with Crippen LogP contribution in [0.3, 0.4) is 0 Å². The Morgan fingerprint density at radius 2 is 2.24 bits per heavy atom. The largest absolute Gasteiger partial charge is 0.378 e. The molecule has 0 aliphatic rings. The van der Waals surface area contributed by atoms with Gasteiger partial charge in [0.1, 0.15) is 5.82 Å². The summed E-state index contributed by atoms with van der Waals surface area (Å²) in [4.78, 5) is 11.0. The summed E-state index contributed by atoms with van der Waals surface area (Å²) >= 11 is 0. The molecule has 0 spiro atoms. The first-order chi connectivity index (χ1) is 10.1. The number of carbonyl (C=O) groups is 1. The molecule has 1 aromatic carbocycles. The van der Waals surface area contributed by atoms with Crippen LogP contribution in [0, 0.1) is 5.82 Å². The van der Waals surface area contributed by atoms with Crippen LogP contribution in [0.1, 0.15) is 25.8 Å². The van der Waals surface area contributed by atoms with Crippen molar-refractivity contribution in [3.05, 3.63) is 42.0 Å². The monoisotopic (exact) mass is 290 g/mol. The summed E-state index contributed by atoms with van der Waals surface area (Å²) in [6.07, 6.45) is 4.71. The van der Waals surface area contributed by atoms with Gasteiger partial charge in [0.15, 0.2) is 0 Å². The average molecular weight is 290 g/mol. The number of anilines is 2. The van der Waals surface area contributed by atoms with Gasteiger partial charge in [-0.15, -0.1) is 0 Å². The predicted molar refractivity (Wildman–Crippen MR) is 80.5 cm³/mol. The third kappa shape index (κ3) is 4.30. The van der Waals surface area contributed by atoms with Gasteiger partial charge in [-0.25, -0.2) is 4.39 Å². The van der Waals surface area contributed by atoms with Crippen molar-refractivity contribution in [2.75, 3.05) is 10.6 Å². The number of aryl methyl sites for hydroxylation is 1. The molecule has 0 saturated heterocycles. The number of nitrogens with one attached hydrogen (secondary N) is 2. The number of rotatable bonds is 6. The third-order valence-corrected chi connectivity index (χ3v) is 2.91. The van der Waals surface area contributed by atoms with E-state index in [9.17, 15) is 9.18 Å². The Morgan fingerprint density at radius 1 is 1.43 bits per heavy atom. The lowest BCUT2D eigenvalue weighted by atomic mass is 10.2. The molecule has 5 nitrogen and oxygen atoms in total. The second-order valence-electron chi connectivity index (χ2n) is 4.84. The molecular formula is C15H19FN4O. The van der Waals surface area contributed by atoms with Crippen molar-refractivity contribution in [1.29, 1.82) is 0 Å². The van der Waals surface area contributed by atoms with E-state index >= 15 is 0 Å². The van der Waals surface area contributed by atoms with Gasteiger partial charge in [0, 0.05) is 37.5 Å². The highest BCUT2D eigenvalue weighted by atomic mass is 19.1. The Balaban J connectivity index is 2.02. The molecule has 0 unspecified atom stereocenters. The molecule has 1 heterocycles. The van der Waals surface area contributed by atoms with Crippen LogP contribution in [0.25, 0.3) is 0 Å². The zero-order chi connectivity index (χ0) is 15.2. The van der Waals surface area contributed by atoms with Crippen molar-refractivity contribution in [2.24, 2.45) is 0 Å². The number of benzene rings is 1. The van der Waals surface area contributed by atoms with Gasteiger partial charge in [-0.1, -0.05) is 6.92 Å². The third-order valence-electron chi connectivity index (χ3n) is 2.91. The van der Waals surface area contributed by atoms with Crippen molar-refractivity contribution in [1.82, 2.24) is 9.78 Å². The number of hydrogen-bond donors (Lipinski definition) is 2. The fourth-order valence-corrected chi connectivity index (χ4v) is 1.99. The van der Waals surface area contributed by atoms with Gasteiger partial charge >= 0.3 is 0 Å². The van der Waals surface area contributed by atoms with E-state index in [1.165, 1.54) is 19.1 Å².